The molecule has 1 saturated heterocycles. The minimum absolute atomic E-state index is 0.0113. The second kappa shape index (κ2) is 6.34. The first-order chi connectivity index (χ1) is 8.10. The molecular formula is C11H19N3O3. The molecule has 2 N–H and O–H groups in total. The topological polar surface area (TPSA) is 78.5 Å². The summed E-state index contributed by atoms with van der Waals surface area (Å²) in [6.07, 6.45) is 1.59. The van der Waals surface area contributed by atoms with E-state index in [1.165, 1.54) is 4.90 Å². The summed E-state index contributed by atoms with van der Waals surface area (Å²) in [5, 5.41) is 5.20. The van der Waals surface area contributed by atoms with Crippen LogP contribution >= 0.6 is 0 Å². The molecule has 6 nitrogen and oxygen atoms in total. The van der Waals surface area contributed by atoms with Crippen molar-refractivity contribution in [2.75, 3.05) is 20.1 Å². The molecule has 1 aliphatic rings. The highest BCUT2D eigenvalue weighted by Gasteiger charge is 2.34. The van der Waals surface area contributed by atoms with Crippen molar-refractivity contribution in [1.29, 1.82) is 0 Å². The first-order valence-corrected chi connectivity index (χ1v) is 5.88. The van der Waals surface area contributed by atoms with Gasteiger partial charge in [-0.3, -0.25) is 19.7 Å². The molecule has 1 heterocycles. The Morgan fingerprint density at radius 3 is 2.82 bits per heavy atom. The van der Waals surface area contributed by atoms with Crippen molar-refractivity contribution in [2.45, 2.75) is 32.2 Å². The van der Waals surface area contributed by atoms with E-state index in [-0.39, 0.29) is 18.4 Å². The summed E-state index contributed by atoms with van der Waals surface area (Å²) in [6, 6.07) is -0.505. The fourth-order valence-corrected chi connectivity index (χ4v) is 1.89. The van der Waals surface area contributed by atoms with Gasteiger partial charge in [-0.15, -0.1) is 0 Å². The molecule has 0 aromatic heterocycles. The fourth-order valence-electron chi connectivity index (χ4n) is 1.89. The largest absolute Gasteiger partial charge is 0.321 e. The number of piperazine rings is 1. The van der Waals surface area contributed by atoms with Crippen LogP contribution in [0, 0.1) is 0 Å². The second-order valence-corrected chi connectivity index (χ2v) is 4.07. The van der Waals surface area contributed by atoms with Crippen molar-refractivity contribution in [3.63, 3.8) is 0 Å². The number of amides is 3. The molecule has 0 saturated carbocycles. The standard InChI is InChI=1S/C11H19N3O3/c1-3-8-11(17)13-9(15)7-14(8)10(16)5-4-6-12-2/h8,12H,3-7H2,1-2H3,(H,13,15,17). The van der Waals surface area contributed by atoms with Crippen molar-refractivity contribution in [2.24, 2.45) is 0 Å². The minimum Gasteiger partial charge on any atom is -0.321 e. The number of hydrogen-bond acceptors (Lipinski definition) is 4. The van der Waals surface area contributed by atoms with Gasteiger partial charge in [0.15, 0.2) is 0 Å². The summed E-state index contributed by atoms with van der Waals surface area (Å²) in [5.41, 5.74) is 0. The third kappa shape index (κ3) is 3.52. The van der Waals surface area contributed by atoms with E-state index >= 15 is 0 Å². The maximum atomic E-state index is 11.9. The lowest BCUT2D eigenvalue weighted by Crippen LogP contribution is -2.59. The van der Waals surface area contributed by atoms with Crippen LogP contribution in [0.3, 0.4) is 0 Å². The summed E-state index contributed by atoms with van der Waals surface area (Å²) >= 11 is 0. The van der Waals surface area contributed by atoms with E-state index in [0.29, 0.717) is 19.3 Å². The summed E-state index contributed by atoms with van der Waals surface area (Å²) in [6.45, 7) is 2.56. The van der Waals surface area contributed by atoms with Gasteiger partial charge < -0.3 is 10.2 Å². The molecule has 0 aromatic carbocycles. The van der Waals surface area contributed by atoms with Gasteiger partial charge in [0.1, 0.15) is 12.6 Å². The van der Waals surface area contributed by atoms with Gasteiger partial charge in [-0.25, -0.2) is 0 Å². The van der Waals surface area contributed by atoms with Crippen LogP contribution in [0.2, 0.25) is 0 Å². The molecule has 0 bridgehead atoms. The highest BCUT2D eigenvalue weighted by Crippen LogP contribution is 2.11. The molecule has 96 valence electrons. The van der Waals surface area contributed by atoms with E-state index in [1.807, 2.05) is 14.0 Å². The van der Waals surface area contributed by atoms with Crippen LogP contribution in [-0.4, -0.2) is 48.8 Å². The SMILES string of the molecule is CCC1C(=O)NC(=O)CN1C(=O)CCCNC. The van der Waals surface area contributed by atoms with Crippen LogP contribution < -0.4 is 10.6 Å². The zero-order valence-electron chi connectivity index (χ0n) is 10.3. The van der Waals surface area contributed by atoms with Gasteiger partial charge in [0, 0.05) is 6.42 Å². The third-order valence-corrected chi connectivity index (χ3v) is 2.78. The number of imide groups is 1. The molecule has 0 radical (unpaired) electrons. The Morgan fingerprint density at radius 2 is 2.24 bits per heavy atom. The summed E-state index contributed by atoms with van der Waals surface area (Å²) in [4.78, 5) is 36.1. The Kier molecular flexibility index (Phi) is 5.09. The zero-order chi connectivity index (χ0) is 12.8. The van der Waals surface area contributed by atoms with Crippen molar-refractivity contribution >= 4 is 17.7 Å². The summed E-state index contributed by atoms with van der Waals surface area (Å²) in [5.74, 6) is -0.900. The van der Waals surface area contributed by atoms with E-state index in [1.54, 1.807) is 0 Å². The van der Waals surface area contributed by atoms with Crippen molar-refractivity contribution in [3.8, 4) is 0 Å². The Bertz CT molecular complexity index is 317. The van der Waals surface area contributed by atoms with Crippen molar-refractivity contribution < 1.29 is 14.4 Å². The monoisotopic (exact) mass is 241 g/mol. The van der Waals surface area contributed by atoms with E-state index in [9.17, 15) is 14.4 Å². The zero-order valence-corrected chi connectivity index (χ0v) is 10.3. The van der Waals surface area contributed by atoms with Crippen molar-refractivity contribution in [3.05, 3.63) is 0 Å². The molecule has 1 atom stereocenters. The van der Waals surface area contributed by atoms with Gasteiger partial charge in [0.05, 0.1) is 0 Å². The lowest BCUT2D eigenvalue weighted by molar-refractivity contribution is -0.150. The summed E-state index contributed by atoms with van der Waals surface area (Å²) < 4.78 is 0. The minimum atomic E-state index is -0.505. The molecule has 3 amide bonds. The molecule has 6 heteroatoms. The molecule has 0 spiro atoms. The van der Waals surface area contributed by atoms with Gasteiger partial charge in [-0.2, -0.15) is 0 Å². The molecule has 17 heavy (non-hydrogen) atoms. The Labute approximate surface area is 101 Å². The maximum Gasteiger partial charge on any atom is 0.249 e. The van der Waals surface area contributed by atoms with Crippen LogP contribution in [0.1, 0.15) is 26.2 Å². The van der Waals surface area contributed by atoms with Gasteiger partial charge in [-0.1, -0.05) is 6.92 Å². The molecule has 1 unspecified atom stereocenters. The average molecular weight is 241 g/mol. The van der Waals surface area contributed by atoms with Gasteiger partial charge in [-0.05, 0) is 26.4 Å². The molecular weight excluding hydrogens is 222 g/mol. The van der Waals surface area contributed by atoms with E-state index in [0.717, 1.165) is 6.54 Å². The van der Waals surface area contributed by atoms with Gasteiger partial charge >= 0.3 is 0 Å². The smallest absolute Gasteiger partial charge is 0.249 e. The average Bonchev–Trinajstić information content (AvgIpc) is 2.28. The van der Waals surface area contributed by atoms with E-state index < -0.39 is 11.9 Å². The number of carbonyl (C=O) groups is 3. The lowest BCUT2D eigenvalue weighted by atomic mass is 10.1. The van der Waals surface area contributed by atoms with Crippen LogP contribution in [0.15, 0.2) is 0 Å². The Hall–Kier alpha value is -1.43. The first-order valence-electron chi connectivity index (χ1n) is 5.88. The fraction of sp³-hybridized carbons (Fsp3) is 0.727. The molecule has 0 aromatic rings. The molecule has 1 rings (SSSR count). The predicted octanol–water partition coefficient (Wildman–Crippen LogP) is -0.750. The quantitative estimate of drug-likeness (QED) is 0.490. The van der Waals surface area contributed by atoms with Crippen LogP contribution in [-0.2, 0) is 14.4 Å². The van der Waals surface area contributed by atoms with Crippen LogP contribution in [0.25, 0.3) is 0 Å². The highest BCUT2D eigenvalue weighted by atomic mass is 16.2. The van der Waals surface area contributed by atoms with E-state index in [4.69, 9.17) is 0 Å². The Morgan fingerprint density at radius 1 is 1.53 bits per heavy atom. The predicted molar refractivity (Wildman–Crippen MR) is 62.1 cm³/mol. The molecule has 1 fully saturated rings. The number of nitrogens with zero attached hydrogens (tertiary/aromatic N) is 1. The number of nitrogens with one attached hydrogen (secondary N) is 2. The Balaban J connectivity index is 2.61. The number of hydrogen-bond donors (Lipinski definition) is 2. The first kappa shape index (κ1) is 13.6. The number of rotatable bonds is 5. The van der Waals surface area contributed by atoms with Crippen LogP contribution in [0.5, 0.6) is 0 Å². The molecule has 1 aliphatic heterocycles. The van der Waals surface area contributed by atoms with Crippen LogP contribution in [0.4, 0.5) is 0 Å². The summed E-state index contributed by atoms with van der Waals surface area (Å²) in [7, 11) is 1.82. The maximum absolute atomic E-state index is 11.9. The van der Waals surface area contributed by atoms with Crippen molar-refractivity contribution in [1.82, 2.24) is 15.5 Å². The number of carbonyl (C=O) groups excluding carboxylic acids is 3. The normalized spacial score (nSPS) is 20.4. The second-order valence-electron chi connectivity index (χ2n) is 4.07. The molecule has 0 aliphatic carbocycles. The highest BCUT2D eigenvalue weighted by molar-refractivity contribution is 6.04. The van der Waals surface area contributed by atoms with E-state index in [2.05, 4.69) is 10.6 Å². The third-order valence-electron chi connectivity index (χ3n) is 2.78. The van der Waals surface area contributed by atoms with Gasteiger partial charge in [0.2, 0.25) is 17.7 Å². The van der Waals surface area contributed by atoms with Gasteiger partial charge in [0.25, 0.3) is 0 Å². The lowest BCUT2D eigenvalue weighted by Gasteiger charge is -2.33.